The van der Waals surface area contributed by atoms with Crippen LogP contribution in [0.1, 0.15) is 11.1 Å². The van der Waals surface area contributed by atoms with E-state index >= 15 is 0 Å². The second-order valence-corrected chi connectivity index (χ2v) is 13.3. The molecule has 252 valence electrons. The predicted octanol–water partition coefficient (Wildman–Crippen LogP) is 6.31. The average molecular weight is 716 g/mol. The van der Waals surface area contributed by atoms with E-state index in [0.717, 1.165) is 12.1 Å². The molecule has 0 atom stereocenters. The van der Waals surface area contributed by atoms with E-state index in [2.05, 4.69) is 4.98 Å². The van der Waals surface area contributed by atoms with E-state index in [0.29, 0.717) is 54.7 Å². The minimum Gasteiger partial charge on any atom is -0.480 e. The molecule has 0 saturated carbocycles. The highest BCUT2D eigenvalue weighted by Gasteiger charge is 2.40. The number of halogens is 9. The second-order valence-electron chi connectivity index (χ2n) is 9.59. The van der Waals surface area contributed by atoms with Gasteiger partial charge in [-0.25, -0.2) is 26.1 Å². The van der Waals surface area contributed by atoms with Gasteiger partial charge < -0.3 is 5.11 Å². The number of carbonyl (C=O) groups is 1. The van der Waals surface area contributed by atoms with Gasteiger partial charge in [-0.05, 0) is 48.5 Å². The fraction of sp³-hybridized carbons (Fsp3) is 0.185. The van der Waals surface area contributed by atoms with Gasteiger partial charge in [0.05, 0.1) is 32.8 Å². The lowest BCUT2D eigenvalue weighted by atomic mass is 10.1. The van der Waals surface area contributed by atoms with Crippen LogP contribution in [0.15, 0.2) is 88.8 Å². The van der Waals surface area contributed by atoms with E-state index in [1.807, 2.05) is 0 Å². The molecular weight excluding hydrogens is 697 g/mol. The number of sulfonamides is 2. The number of benzene rings is 3. The minimum absolute atomic E-state index is 0.155. The number of pyridine rings is 1. The Morgan fingerprint density at radius 3 is 1.49 bits per heavy atom. The molecule has 0 saturated heterocycles. The maximum Gasteiger partial charge on any atom is 0.416 e. The first-order valence-corrected chi connectivity index (χ1v) is 15.5. The number of carboxylic acid groups (broad SMARTS) is 1. The number of alkyl halides is 9. The number of nitrogens with zero attached hydrogens (tertiary/aromatic N) is 3. The highest BCUT2D eigenvalue weighted by Crippen LogP contribution is 2.39. The van der Waals surface area contributed by atoms with Gasteiger partial charge in [0.25, 0.3) is 20.0 Å². The number of hydrogen-bond donors (Lipinski definition) is 1. The molecule has 0 fully saturated rings. The Morgan fingerprint density at radius 1 is 0.660 bits per heavy atom. The lowest BCUT2D eigenvalue weighted by molar-refractivity contribution is -0.138. The molecule has 1 aromatic heterocycles. The van der Waals surface area contributed by atoms with Crippen molar-refractivity contribution >= 4 is 48.3 Å². The average Bonchev–Trinajstić information content (AvgIpc) is 2.97. The summed E-state index contributed by atoms with van der Waals surface area (Å²) >= 11 is 0. The van der Waals surface area contributed by atoms with Crippen molar-refractivity contribution in [1.29, 1.82) is 0 Å². The summed E-state index contributed by atoms with van der Waals surface area (Å²) in [5.41, 5.74) is -3.33. The van der Waals surface area contributed by atoms with Crippen LogP contribution in [0.5, 0.6) is 0 Å². The zero-order valence-electron chi connectivity index (χ0n) is 23.0. The molecule has 4 aromatic rings. The molecule has 0 unspecified atom stereocenters. The molecule has 1 N–H and O–H groups in total. The van der Waals surface area contributed by atoms with E-state index in [9.17, 15) is 66.3 Å². The molecule has 3 aromatic carbocycles. The lowest BCUT2D eigenvalue weighted by Crippen LogP contribution is -2.40. The predicted molar refractivity (Wildman–Crippen MR) is 147 cm³/mol. The Bertz CT molecular complexity index is 2010. The Kier molecular flexibility index (Phi) is 9.16. The van der Waals surface area contributed by atoms with Crippen LogP contribution in [0, 0.1) is 0 Å². The molecule has 0 radical (unpaired) electrons. The monoisotopic (exact) mass is 715 g/mol. The van der Waals surface area contributed by atoms with Gasteiger partial charge in [0.2, 0.25) is 0 Å². The molecule has 1 heterocycles. The van der Waals surface area contributed by atoms with Crippen molar-refractivity contribution in [3.63, 3.8) is 0 Å². The highest BCUT2D eigenvalue weighted by molar-refractivity contribution is 7.93. The van der Waals surface area contributed by atoms with Gasteiger partial charge in [-0.1, -0.05) is 24.3 Å². The molecule has 47 heavy (non-hydrogen) atoms. The number of anilines is 2. The summed E-state index contributed by atoms with van der Waals surface area (Å²) in [5.74, 6) is -2.52. The number of hydrogen-bond acceptors (Lipinski definition) is 6. The third kappa shape index (κ3) is 7.53. The lowest BCUT2D eigenvalue weighted by Gasteiger charge is -2.28. The van der Waals surface area contributed by atoms with E-state index in [-0.39, 0.29) is 8.61 Å². The van der Waals surface area contributed by atoms with Crippen molar-refractivity contribution in [3.8, 4) is 0 Å². The SMILES string of the molecule is O=C(O)CN(c1ncc(N(CC(F)(F)F)S(=O)(=O)c2ccc(C(F)(F)F)cc2)c2ccccc12)S(=O)(=O)c1ccc(C(F)(F)F)cc1. The minimum atomic E-state index is -5.29. The number of aromatic nitrogens is 1. The van der Waals surface area contributed by atoms with Gasteiger partial charge in [0.15, 0.2) is 5.82 Å². The van der Waals surface area contributed by atoms with Crippen molar-refractivity contribution in [2.45, 2.75) is 28.3 Å². The number of fused-ring (bicyclic) bond motifs is 1. The molecule has 4 rings (SSSR count). The third-order valence-electron chi connectivity index (χ3n) is 6.40. The van der Waals surface area contributed by atoms with E-state index in [1.54, 1.807) is 0 Å². The first-order valence-electron chi connectivity index (χ1n) is 12.6. The Labute approximate surface area is 259 Å². The smallest absolute Gasteiger partial charge is 0.416 e. The van der Waals surface area contributed by atoms with Gasteiger partial charge in [-0.2, -0.15) is 39.5 Å². The van der Waals surface area contributed by atoms with Gasteiger partial charge in [0, 0.05) is 10.8 Å². The van der Waals surface area contributed by atoms with Crippen LogP contribution >= 0.6 is 0 Å². The zero-order chi connectivity index (χ0) is 35.2. The second kappa shape index (κ2) is 12.2. The fourth-order valence-corrected chi connectivity index (χ4v) is 7.15. The quantitative estimate of drug-likeness (QED) is 0.202. The molecule has 0 bridgehead atoms. The Balaban J connectivity index is 1.92. The normalized spacial score (nSPS) is 13.0. The van der Waals surface area contributed by atoms with Crippen LogP contribution in [-0.2, 0) is 37.2 Å². The van der Waals surface area contributed by atoms with Crippen LogP contribution < -0.4 is 8.61 Å². The van der Waals surface area contributed by atoms with Gasteiger partial charge >= 0.3 is 24.5 Å². The van der Waals surface area contributed by atoms with Crippen molar-refractivity contribution < 1.29 is 66.3 Å². The number of rotatable bonds is 9. The summed E-state index contributed by atoms with van der Waals surface area (Å²) in [7, 11) is -10.3. The molecule has 20 heteroatoms. The number of aliphatic carboxylic acids is 1. The van der Waals surface area contributed by atoms with Gasteiger partial charge in [0.1, 0.15) is 13.1 Å². The zero-order valence-corrected chi connectivity index (χ0v) is 24.6. The standard InChI is InChI=1S/C27H18F9N3O6S2/c28-25(29,30)15-39(47(44,45)19-11-7-17(8-12-19)27(34,35)36)22-13-37-24(21-4-2-1-3-20(21)22)38(14-23(40)41)46(42,43)18-9-5-16(6-10-18)26(31,32)33/h1-13H,14-15H2,(H,40,41). The van der Waals surface area contributed by atoms with Crippen LogP contribution in [0.3, 0.4) is 0 Å². The van der Waals surface area contributed by atoms with Crippen molar-refractivity contribution in [3.05, 3.63) is 90.1 Å². The molecule has 0 aliphatic heterocycles. The van der Waals surface area contributed by atoms with Crippen LogP contribution in [0.4, 0.5) is 51.0 Å². The van der Waals surface area contributed by atoms with E-state index < -0.39 is 101 Å². The Hall–Kier alpha value is -4.59. The molecule has 0 spiro atoms. The third-order valence-corrected chi connectivity index (χ3v) is 9.92. The summed E-state index contributed by atoms with van der Waals surface area (Å²) in [6, 6.07) is 8.03. The summed E-state index contributed by atoms with van der Waals surface area (Å²) in [6.07, 6.45) is -14.5. The first-order chi connectivity index (χ1) is 21.5. The van der Waals surface area contributed by atoms with Crippen LogP contribution in [0.2, 0.25) is 0 Å². The van der Waals surface area contributed by atoms with Crippen molar-refractivity contribution in [1.82, 2.24) is 4.98 Å². The molecule has 0 amide bonds. The molecular formula is C27H18F9N3O6S2. The van der Waals surface area contributed by atoms with Gasteiger partial charge in [-0.15, -0.1) is 0 Å². The highest BCUT2D eigenvalue weighted by atomic mass is 32.2. The summed E-state index contributed by atoms with van der Waals surface area (Å²) in [5, 5.41) is 8.66. The summed E-state index contributed by atoms with van der Waals surface area (Å²) < 4.78 is 173. The molecule has 0 aliphatic carbocycles. The largest absolute Gasteiger partial charge is 0.480 e. The Morgan fingerprint density at radius 2 is 1.09 bits per heavy atom. The van der Waals surface area contributed by atoms with Crippen molar-refractivity contribution in [2.24, 2.45) is 0 Å². The summed E-state index contributed by atoms with van der Waals surface area (Å²) in [4.78, 5) is 13.7. The van der Waals surface area contributed by atoms with Crippen LogP contribution in [-0.4, -0.2) is 52.2 Å². The first kappa shape index (κ1) is 35.3. The van der Waals surface area contributed by atoms with E-state index in [4.69, 9.17) is 0 Å². The topological polar surface area (TPSA) is 125 Å². The fourth-order valence-electron chi connectivity index (χ4n) is 4.31. The molecule has 0 aliphatic rings. The summed E-state index contributed by atoms with van der Waals surface area (Å²) in [6.45, 7) is -3.60. The van der Waals surface area contributed by atoms with E-state index in [1.165, 1.54) is 12.1 Å². The van der Waals surface area contributed by atoms with Crippen molar-refractivity contribution in [2.75, 3.05) is 21.7 Å². The molecule has 9 nitrogen and oxygen atoms in total. The maximum atomic E-state index is 13.8. The maximum absolute atomic E-state index is 13.8. The van der Waals surface area contributed by atoms with Crippen LogP contribution in [0.25, 0.3) is 10.8 Å². The number of carboxylic acids is 1. The van der Waals surface area contributed by atoms with Gasteiger partial charge in [-0.3, -0.25) is 9.10 Å².